The second-order valence-corrected chi connectivity index (χ2v) is 5.59. The first-order chi connectivity index (χ1) is 8.97. The molecule has 0 fully saturated rings. The molecule has 0 spiro atoms. The largest absolute Gasteiger partial charge is 0.478 e. The van der Waals surface area contributed by atoms with Crippen molar-refractivity contribution < 1.29 is 19.1 Å². The summed E-state index contributed by atoms with van der Waals surface area (Å²) in [7, 11) is 0. The molecule has 0 aliphatic carbocycles. The van der Waals surface area contributed by atoms with E-state index in [0.29, 0.717) is 4.34 Å². The molecule has 0 saturated carbocycles. The van der Waals surface area contributed by atoms with E-state index in [-0.39, 0.29) is 17.4 Å². The van der Waals surface area contributed by atoms with Gasteiger partial charge in [-0.3, -0.25) is 4.79 Å². The highest BCUT2D eigenvalue weighted by molar-refractivity contribution is 7.16. The summed E-state index contributed by atoms with van der Waals surface area (Å²) in [6, 6.07) is 4.53. The average Bonchev–Trinajstić information content (AvgIpc) is 2.96. The van der Waals surface area contributed by atoms with E-state index in [1.54, 1.807) is 13.0 Å². The Balaban J connectivity index is 2.06. The fourth-order valence-electron chi connectivity index (χ4n) is 1.47. The van der Waals surface area contributed by atoms with Crippen LogP contribution in [0, 0.1) is 0 Å². The summed E-state index contributed by atoms with van der Waals surface area (Å²) in [5, 5.41) is 11.4. The number of furan rings is 1. The number of halogens is 1. The number of nitrogens with one attached hydrogen (secondary N) is 1. The number of aromatic carboxylic acids is 1. The Kier molecular flexibility index (Phi) is 3.92. The number of thiophene rings is 1. The zero-order valence-corrected chi connectivity index (χ0v) is 11.4. The molecule has 19 heavy (non-hydrogen) atoms. The van der Waals surface area contributed by atoms with Crippen LogP contribution in [0.15, 0.2) is 28.9 Å². The third-order valence-electron chi connectivity index (χ3n) is 2.44. The van der Waals surface area contributed by atoms with Crippen molar-refractivity contribution in [3.63, 3.8) is 0 Å². The molecule has 2 heterocycles. The Morgan fingerprint density at radius 3 is 2.74 bits per heavy atom. The topological polar surface area (TPSA) is 79.5 Å². The lowest BCUT2D eigenvalue weighted by molar-refractivity contribution is 0.0695. The Hall–Kier alpha value is -1.79. The van der Waals surface area contributed by atoms with Gasteiger partial charge in [-0.15, -0.1) is 11.3 Å². The van der Waals surface area contributed by atoms with Crippen LogP contribution >= 0.6 is 22.9 Å². The van der Waals surface area contributed by atoms with Crippen LogP contribution in [0.1, 0.15) is 38.8 Å². The molecule has 7 heteroatoms. The summed E-state index contributed by atoms with van der Waals surface area (Å²) in [6.07, 6.45) is 1.03. The number of hydrogen-bond acceptors (Lipinski definition) is 4. The SMILES string of the molecule is CC(NC(=O)c1cc(C(=O)O)co1)c1ccc(Cl)s1. The molecule has 1 unspecified atom stereocenters. The van der Waals surface area contributed by atoms with Gasteiger partial charge in [-0.2, -0.15) is 0 Å². The van der Waals surface area contributed by atoms with E-state index in [9.17, 15) is 9.59 Å². The fraction of sp³-hybridized carbons (Fsp3) is 0.167. The Morgan fingerprint density at radius 2 is 2.21 bits per heavy atom. The van der Waals surface area contributed by atoms with Crippen LogP contribution in [-0.2, 0) is 0 Å². The van der Waals surface area contributed by atoms with Gasteiger partial charge in [0.2, 0.25) is 0 Å². The maximum absolute atomic E-state index is 11.8. The highest BCUT2D eigenvalue weighted by Gasteiger charge is 2.17. The molecule has 0 saturated heterocycles. The fourth-order valence-corrected chi connectivity index (χ4v) is 2.53. The third kappa shape index (κ3) is 3.15. The lowest BCUT2D eigenvalue weighted by atomic mass is 10.2. The number of carbonyl (C=O) groups is 2. The molecule has 0 aliphatic heterocycles. The molecular formula is C12H10ClNO4S. The molecule has 2 rings (SSSR count). The smallest absolute Gasteiger partial charge is 0.338 e. The highest BCUT2D eigenvalue weighted by Crippen LogP contribution is 2.26. The number of amides is 1. The van der Waals surface area contributed by atoms with Crippen LogP contribution in [0.4, 0.5) is 0 Å². The van der Waals surface area contributed by atoms with E-state index in [4.69, 9.17) is 21.1 Å². The number of hydrogen-bond donors (Lipinski definition) is 2. The molecule has 0 aliphatic rings. The van der Waals surface area contributed by atoms with Gasteiger partial charge in [0, 0.05) is 10.9 Å². The second kappa shape index (κ2) is 5.46. The van der Waals surface area contributed by atoms with Crippen molar-refractivity contribution in [2.24, 2.45) is 0 Å². The first kappa shape index (κ1) is 13.6. The van der Waals surface area contributed by atoms with Crippen LogP contribution in [0.25, 0.3) is 0 Å². The number of carboxylic acid groups (broad SMARTS) is 1. The zero-order chi connectivity index (χ0) is 14.0. The van der Waals surface area contributed by atoms with Gasteiger partial charge in [0.15, 0.2) is 5.76 Å². The van der Waals surface area contributed by atoms with Crippen molar-refractivity contribution in [2.75, 3.05) is 0 Å². The molecule has 1 amide bonds. The van der Waals surface area contributed by atoms with Crippen molar-refractivity contribution in [2.45, 2.75) is 13.0 Å². The summed E-state index contributed by atoms with van der Waals surface area (Å²) >= 11 is 7.19. The van der Waals surface area contributed by atoms with Crippen molar-refractivity contribution in [3.05, 3.63) is 45.0 Å². The molecule has 1 atom stereocenters. The minimum absolute atomic E-state index is 0.0353. The molecule has 5 nitrogen and oxygen atoms in total. The summed E-state index contributed by atoms with van der Waals surface area (Å²) < 4.78 is 5.56. The van der Waals surface area contributed by atoms with E-state index >= 15 is 0 Å². The van der Waals surface area contributed by atoms with Gasteiger partial charge in [0.1, 0.15) is 6.26 Å². The third-order valence-corrected chi connectivity index (χ3v) is 3.85. The van der Waals surface area contributed by atoms with Crippen molar-refractivity contribution in [3.8, 4) is 0 Å². The van der Waals surface area contributed by atoms with E-state index in [1.807, 2.05) is 6.07 Å². The van der Waals surface area contributed by atoms with Gasteiger partial charge in [0.05, 0.1) is 15.9 Å². The van der Waals surface area contributed by atoms with Gasteiger partial charge in [-0.1, -0.05) is 11.6 Å². The molecule has 100 valence electrons. The minimum Gasteiger partial charge on any atom is -0.478 e. The van der Waals surface area contributed by atoms with Crippen LogP contribution < -0.4 is 5.32 Å². The molecule has 2 N–H and O–H groups in total. The summed E-state index contributed by atoms with van der Waals surface area (Å²) in [5.41, 5.74) is -0.0584. The number of carbonyl (C=O) groups excluding carboxylic acids is 1. The van der Waals surface area contributed by atoms with Gasteiger partial charge < -0.3 is 14.8 Å². The minimum atomic E-state index is -1.14. The number of rotatable bonds is 4. The molecular weight excluding hydrogens is 290 g/mol. The van der Waals surface area contributed by atoms with Gasteiger partial charge in [-0.05, 0) is 19.1 Å². The standard InChI is InChI=1S/C12H10ClNO4S/c1-6(9-2-3-10(13)19-9)14-11(15)8-4-7(5-18-8)12(16)17/h2-6H,1H3,(H,14,15)(H,16,17). The zero-order valence-electron chi connectivity index (χ0n) is 9.84. The van der Waals surface area contributed by atoms with Crippen LogP contribution in [-0.4, -0.2) is 17.0 Å². The lowest BCUT2D eigenvalue weighted by Crippen LogP contribution is -2.25. The Morgan fingerprint density at radius 1 is 1.47 bits per heavy atom. The van der Waals surface area contributed by atoms with Crippen molar-refractivity contribution >= 4 is 34.8 Å². The van der Waals surface area contributed by atoms with Gasteiger partial charge in [-0.25, -0.2) is 4.79 Å². The van der Waals surface area contributed by atoms with Crippen LogP contribution in [0.2, 0.25) is 4.34 Å². The average molecular weight is 300 g/mol. The van der Waals surface area contributed by atoms with E-state index in [0.717, 1.165) is 11.1 Å². The Labute approximate surface area is 117 Å². The maximum Gasteiger partial charge on any atom is 0.338 e. The molecule has 0 radical (unpaired) electrons. The van der Waals surface area contributed by atoms with Gasteiger partial charge in [0.25, 0.3) is 5.91 Å². The first-order valence-electron chi connectivity index (χ1n) is 5.35. The van der Waals surface area contributed by atoms with E-state index in [2.05, 4.69) is 5.32 Å². The predicted octanol–water partition coefficient (Wildman–Crippen LogP) is 3.18. The van der Waals surface area contributed by atoms with Crippen molar-refractivity contribution in [1.82, 2.24) is 5.32 Å². The van der Waals surface area contributed by atoms with Gasteiger partial charge >= 0.3 is 5.97 Å². The quantitative estimate of drug-likeness (QED) is 0.908. The number of carboxylic acids is 1. The Bertz CT molecular complexity index is 619. The van der Waals surface area contributed by atoms with Crippen molar-refractivity contribution in [1.29, 1.82) is 0 Å². The van der Waals surface area contributed by atoms with E-state index in [1.165, 1.54) is 17.4 Å². The molecule has 0 bridgehead atoms. The molecule has 2 aromatic heterocycles. The highest BCUT2D eigenvalue weighted by atomic mass is 35.5. The van der Waals surface area contributed by atoms with Crippen LogP contribution in [0.5, 0.6) is 0 Å². The summed E-state index contributed by atoms with van der Waals surface area (Å²) in [4.78, 5) is 23.4. The van der Waals surface area contributed by atoms with Crippen LogP contribution in [0.3, 0.4) is 0 Å². The van der Waals surface area contributed by atoms with E-state index < -0.39 is 11.9 Å². The lowest BCUT2D eigenvalue weighted by Gasteiger charge is -2.10. The molecule has 2 aromatic rings. The second-order valence-electron chi connectivity index (χ2n) is 3.84. The molecule has 0 aromatic carbocycles. The summed E-state index contributed by atoms with van der Waals surface area (Å²) in [5.74, 6) is -1.64. The first-order valence-corrected chi connectivity index (χ1v) is 6.54. The normalized spacial score (nSPS) is 12.1. The summed E-state index contributed by atoms with van der Waals surface area (Å²) in [6.45, 7) is 1.81. The predicted molar refractivity (Wildman–Crippen MR) is 70.9 cm³/mol. The maximum atomic E-state index is 11.8. The monoisotopic (exact) mass is 299 g/mol.